The summed E-state index contributed by atoms with van der Waals surface area (Å²) in [5.74, 6) is -3.24. The van der Waals surface area contributed by atoms with Crippen LogP contribution in [0, 0.1) is 0 Å². The Balaban J connectivity index is 2.29. The summed E-state index contributed by atoms with van der Waals surface area (Å²) in [6, 6.07) is 16.4. The SMILES string of the molecule is O=CNC(Cc1ccc(-c2ccccc2)cc1)(C(=O)O)C(=O)O. The van der Waals surface area contributed by atoms with Gasteiger partial charge in [0.2, 0.25) is 11.9 Å². The molecule has 0 fully saturated rings. The quantitative estimate of drug-likeness (QED) is 0.531. The average Bonchev–Trinajstić information content (AvgIpc) is 2.55. The van der Waals surface area contributed by atoms with Crippen molar-refractivity contribution in [2.45, 2.75) is 12.0 Å². The molecule has 0 aromatic heterocycles. The maximum atomic E-state index is 11.3. The number of benzene rings is 2. The summed E-state index contributed by atoms with van der Waals surface area (Å²) in [5.41, 5.74) is 0.0290. The highest BCUT2D eigenvalue weighted by Crippen LogP contribution is 2.21. The first kappa shape index (κ1) is 16.2. The lowest BCUT2D eigenvalue weighted by atomic mass is 9.90. The van der Waals surface area contributed by atoms with Crippen molar-refractivity contribution < 1.29 is 24.6 Å². The molecule has 6 nitrogen and oxygen atoms in total. The number of carboxylic acid groups (broad SMARTS) is 2. The molecule has 0 spiro atoms. The molecule has 0 aliphatic carbocycles. The minimum atomic E-state index is -2.38. The molecule has 2 aromatic carbocycles. The standard InChI is InChI=1S/C17H15NO5/c19-11-18-17(15(20)21,16(22)23)10-12-6-8-14(9-7-12)13-4-2-1-3-5-13/h1-9,11H,10H2,(H,18,19)(H,20,21)(H,22,23). The Labute approximate surface area is 132 Å². The van der Waals surface area contributed by atoms with Crippen molar-refractivity contribution in [1.82, 2.24) is 5.32 Å². The molecule has 2 aromatic rings. The summed E-state index contributed by atoms with van der Waals surface area (Å²) in [6.07, 6.45) is -0.272. The molecule has 118 valence electrons. The van der Waals surface area contributed by atoms with Gasteiger partial charge in [-0.1, -0.05) is 54.6 Å². The second kappa shape index (κ2) is 6.74. The van der Waals surface area contributed by atoms with Gasteiger partial charge in [0.1, 0.15) is 0 Å². The van der Waals surface area contributed by atoms with Gasteiger partial charge in [-0.15, -0.1) is 0 Å². The molecule has 0 aliphatic rings. The van der Waals surface area contributed by atoms with Gasteiger partial charge in [-0.2, -0.15) is 0 Å². The fourth-order valence-electron chi connectivity index (χ4n) is 2.27. The van der Waals surface area contributed by atoms with E-state index in [-0.39, 0.29) is 12.8 Å². The van der Waals surface area contributed by atoms with E-state index < -0.39 is 17.5 Å². The third-order valence-electron chi connectivity index (χ3n) is 3.57. The Bertz CT molecular complexity index is 696. The molecule has 6 heteroatoms. The van der Waals surface area contributed by atoms with Crippen LogP contribution in [0.5, 0.6) is 0 Å². The molecule has 3 N–H and O–H groups in total. The van der Waals surface area contributed by atoms with E-state index in [0.717, 1.165) is 11.1 Å². The maximum absolute atomic E-state index is 11.3. The molecular weight excluding hydrogens is 298 g/mol. The Kier molecular flexibility index (Phi) is 4.75. The highest BCUT2D eigenvalue weighted by Gasteiger charge is 2.46. The van der Waals surface area contributed by atoms with E-state index in [2.05, 4.69) is 0 Å². The van der Waals surface area contributed by atoms with Crippen molar-refractivity contribution in [3.8, 4) is 11.1 Å². The van der Waals surface area contributed by atoms with Gasteiger partial charge in [-0.05, 0) is 16.7 Å². The number of hydrogen-bond acceptors (Lipinski definition) is 3. The lowest BCUT2D eigenvalue weighted by molar-refractivity contribution is -0.160. The highest BCUT2D eigenvalue weighted by molar-refractivity contribution is 6.05. The summed E-state index contributed by atoms with van der Waals surface area (Å²) in [5, 5.41) is 20.3. The van der Waals surface area contributed by atoms with Crippen molar-refractivity contribution in [2.75, 3.05) is 0 Å². The minimum absolute atomic E-state index is 0.0839. The van der Waals surface area contributed by atoms with Crippen LogP contribution in [-0.2, 0) is 20.8 Å². The van der Waals surface area contributed by atoms with Crippen LogP contribution in [0.1, 0.15) is 5.56 Å². The van der Waals surface area contributed by atoms with Gasteiger partial charge < -0.3 is 15.5 Å². The molecular formula is C17H15NO5. The molecule has 23 heavy (non-hydrogen) atoms. The number of rotatable bonds is 7. The normalized spacial score (nSPS) is 10.8. The summed E-state index contributed by atoms with van der Waals surface area (Å²) < 4.78 is 0. The Morgan fingerprint density at radius 1 is 0.913 bits per heavy atom. The molecule has 0 radical (unpaired) electrons. The van der Waals surface area contributed by atoms with Gasteiger partial charge in [0.05, 0.1) is 0 Å². The number of amides is 1. The van der Waals surface area contributed by atoms with Crippen molar-refractivity contribution in [1.29, 1.82) is 0 Å². The summed E-state index contributed by atoms with van der Waals surface area (Å²) in [4.78, 5) is 33.3. The summed E-state index contributed by atoms with van der Waals surface area (Å²) in [7, 11) is 0. The molecule has 2 rings (SSSR count). The van der Waals surface area contributed by atoms with Crippen LogP contribution >= 0.6 is 0 Å². The fourth-order valence-corrected chi connectivity index (χ4v) is 2.27. The third-order valence-corrected chi connectivity index (χ3v) is 3.57. The lowest BCUT2D eigenvalue weighted by Crippen LogP contribution is -2.59. The topological polar surface area (TPSA) is 104 Å². The van der Waals surface area contributed by atoms with Crippen LogP contribution in [0.2, 0.25) is 0 Å². The number of carbonyl (C=O) groups excluding carboxylic acids is 1. The van der Waals surface area contributed by atoms with Crippen LogP contribution in [0.3, 0.4) is 0 Å². The van der Waals surface area contributed by atoms with Crippen LogP contribution < -0.4 is 5.32 Å². The molecule has 0 atom stereocenters. The van der Waals surface area contributed by atoms with Crippen molar-refractivity contribution in [2.24, 2.45) is 0 Å². The Hall–Kier alpha value is -3.15. The van der Waals surface area contributed by atoms with E-state index in [1.54, 1.807) is 24.3 Å². The molecule has 0 unspecified atom stereocenters. The van der Waals surface area contributed by atoms with Crippen molar-refractivity contribution in [3.63, 3.8) is 0 Å². The zero-order valence-electron chi connectivity index (χ0n) is 12.1. The molecule has 0 bridgehead atoms. The fraction of sp³-hybridized carbons (Fsp3) is 0.118. The predicted molar refractivity (Wildman–Crippen MR) is 82.8 cm³/mol. The van der Waals surface area contributed by atoms with E-state index in [1.807, 2.05) is 35.6 Å². The smallest absolute Gasteiger partial charge is 0.341 e. The second-order valence-corrected chi connectivity index (χ2v) is 5.02. The first-order chi connectivity index (χ1) is 11.0. The van der Waals surface area contributed by atoms with Gasteiger partial charge in [0.15, 0.2) is 0 Å². The van der Waals surface area contributed by atoms with Crippen LogP contribution in [0.4, 0.5) is 0 Å². The first-order valence-electron chi connectivity index (χ1n) is 6.82. The molecule has 0 saturated heterocycles. The van der Waals surface area contributed by atoms with Crippen LogP contribution in [0.15, 0.2) is 54.6 Å². The van der Waals surface area contributed by atoms with Gasteiger partial charge >= 0.3 is 11.9 Å². The Morgan fingerprint density at radius 2 is 1.43 bits per heavy atom. The molecule has 0 heterocycles. The number of carboxylic acids is 2. The third kappa shape index (κ3) is 3.37. The molecule has 1 amide bonds. The number of hydrogen-bond donors (Lipinski definition) is 3. The van der Waals surface area contributed by atoms with Gasteiger partial charge in [0, 0.05) is 6.42 Å². The summed E-state index contributed by atoms with van der Waals surface area (Å²) in [6.45, 7) is 0. The Morgan fingerprint density at radius 3 is 1.91 bits per heavy atom. The minimum Gasteiger partial charge on any atom is -0.479 e. The van der Waals surface area contributed by atoms with Crippen LogP contribution in [0.25, 0.3) is 11.1 Å². The first-order valence-corrected chi connectivity index (χ1v) is 6.82. The van der Waals surface area contributed by atoms with E-state index in [1.165, 1.54) is 0 Å². The van der Waals surface area contributed by atoms with Gasteiger partial charge in [-0.3, -0.25) is 4.79 Å². The van der Waals surface area contributed by atoms with E-state index in [9.17, 15) is 24.6 Å². The lowest BCUT2D eigenvalue weighted by Gasteiger charge is -2.24. The van der Waals surface area contributed by atoms with Crippen molar-refractivity contribution in [3.05, 3.63) is 60.2 Å². The summed E-state index contributed by atoms with van der Waals surface area (Å²) >= 11 is 0. The zero-order chi connectivity index (χ0) is 16.9. The second-order valence-electron chi connectivity index (χ2n) is 5.02. The maximum Gasteiger partial charge on any atom is 0.341 e. The highest BCUT2D eigenvalue weighted by atomic mass is 16.4. The average molecular weight is 313 g/mol. The number of nitrogens with one attached hydrogen (secondary N) is 1. The number of carbonyl (C=O) groups is 3. The number of aliphatic carboxylic acids is 2. The van der Waals surface area contributed by atoms with Crippen LogP contribution in [-0.4, -0.2) is 34.1 Å². The van der Waals surface area contributed by atoms with Gasteiger partial charge in [-0.25, -0.2) is 9.59 Å². The predicted octanol–water partition coefficient (Wildman–Crippen LogP) is 1.55. The van der Waals surface area contributed by atoms with E-state index in [4.69, 9.17) is 0 Å². The van der Waals surface area contributed by atoms with Gasteiger partial charge in [0.25, 0.3) is 0 Å². The monoisotopic (exact) mass is 313 g/mol. The van der Waals surface area contributed by atoms with E-state index in [0.29, 0.717) is 5.56 Å². The van der Waals surface area contributed by atoms with E-state index >= 15 is 0 Å². The molecule has 0 saturated carbocycles. The zero-order valence-corrected chi connectivity index (χ0v) is 12.1. The largest absolute Gasteiger partial charge is 0.479 e. The molecule has 0 aliphatic heterocycles. The van der Waals surface area contributed by atoms with Crippen molar-refractivity contribution >= 4 is 18.3 Å².